The highest BCUT2D eigenvalue weighted by molar-refractivity contribution is 6.09. The van der Waals surface area contributed by atoms with Gasteiger partial charge in [0, 0.05) is 56.5 Å². The van der Waals surface area contributed by atoms with Gasteiger partial charge in [-0.25, -0.2) is 14.5 Å². The molecular formula is C38H22N8. The van der Waals surface area contributed by atoms with E-state index < -0.39 is 0 Å². The van der Waals surface area contributed by atoms with E-state index in [1.54, 1.807) is 12.4 Å². The molecule has 0 amide bonds. The summed E-state index contributed by atoms with van der Waals surface area (Å²) in [6, 6.07) is 39.3. The minimum atomic E-state index is 0.429. The molecule has 4 aromatic carbocycles. The lowest BCUT2D eigenvalue weighted by Gasteiger charge is -2.12. The average molecular weight is 591 g/mol. The Morgan fingerprint density at radius 1 is 0.435 bits per heavy atom. The number of hydrogen-bond donors (Lipinski definition) is 0. The van der Waals surface area contributed by atoms with Crippen LogP contribution in [0.15, 0.2) is 134 Å². The van der Waals surface area contributed by atoms with Gasteiger partial charge in [-0.1, -0.05) is 72.8 Å². The molecule has 0 atom stereocenters. The molecule has 0 radical (unpaired) electrons. The summed E-state index contributed by atoms with van der Waals surface area (Å²) in [6.07, 6.45) is 5.42. The largest absolute Gasteiger partial charge is 0.278 e. The molecule has 0 N–H and O–H groups in total. The number of rotatable bonds is 3. The van der Waals surface area contributed by atoms with Gasteiger partial charge in [-0.2, -0.15) is 15.0 Å². The number of fused-ring (bicyclic) bond motifs is 9. The topological polar surface area (TPSA) is 87.2 Å². The molecule has 0 spiro atoms. The van der Waals surface area contributed by atoms with Crippen molar-refractivity contribution < 1.29 is 0 Å². The lowest BCUT2D eigenvalue weighted by Crippen LogP contribution is -2.11. The molecule has 6 aromatic heterocycles. The lowest BCUT2D eigenvalue weighted by molar-refractivity contribution is 0.883. The van der Waals surface area contributed by atoms with Crippen molar-refractivity contribution in [2.24, 2.45) is 0 Å². The van der Waals surface area contributed by atoms with Gasteiger partial charge in [0.05, 0.1) is 16.6 Å². The predicted octanol–water partition coefficient (Wildman–Crippen LogP) is 8.22. The summed E-state index contributed by atoms with van der Waals surface area (Å²) in [4.78, 5) is 29.8. The van der Waals surface area contributed by atoms with Crippen LogP contribution in [0.3, 0.4) is 0 Å². The summed E-state index contributed by atoms with van der Waals surface area (Å²) in [6.45, 7) is 0. The fraction of sp³-hybridized carbons (Fsp3) is 0. The van der Waals surface area contributed by atoms with Crippen LogP contribution < -0.4 is 0 Å². The fourth-order valence-corrected chi connectivity index (χ4v) is 6.68. The third kappa shape index (κ3) is 3.55. The molecule has 6 heterocycles. The van der Waals surface area contributed by atoms with Crippen molar-refractivity contribution in [2.75, 3.05) is 0 Å². The van der Waals surface area contributed by atoms with Gasteiger partial charge in [0.2, 0.25) is 11.9 Å². The first-order valence-corrected chi connectivity index (χ1v) is 15.0. The molecule has 0 aliphatic rings. The smallest absolute Gasteiger partial charge is 0.242 e. The van der Waals surface area contributed by atoms with E-state index in [0.29, 0.717) is 17.7 Å². The van der Waals surface area contributed by atoms with E-state index in [9.17, 15) is 0 Å². The lowest BCUT2D eigenvalue weighted by atomic mass is 10.1. The number of pyridine rings is 3. The van der Waals surface area contributed by atoms with Crippen LogP contribution in [0.5, 0.6) is 0 Å². The highest BCUT2D eigenvalue weighted by atomic mass is 15.3. The molecule has 8 heteroatoms. The third-order valence-corrected chi connectivity index (χ3v) is 8.71. The monoisotopic (exact) mass is 590 g/mol. The fourth-order valence-electron chi connectivity index (χ4n) is 6.68. The first-order chi connectivity index (χ1) is 22.8. The first kappa shape index (κ1) is 24.9. The number of benzene rings is 4. The average Bonchev–Trinajstić information content (AvgIpc) is 3.64. The Kier molecular flexibility index (Phi) is 5.12. The van der Waals surface area contributed by atoms with Crippen LogP contribution in [0.4, 0.5) is 0 Å². The molecular weight excluding hydrogens is 568 g/mol. The van der Waals surface area contributed by atoms with Crippen LogP contribution in [-0.2, 0) is 0 Å². The maximum Gasteiger partial charge on any atom is 0.242 e. The molecule has 0 aliphatic carbocycles. The third-order valence-electron chi connectivity index (χ3n) is 8.71. The zero-order valence-electron chi connectivity index (χ0n) is 24.3. The maximum absolute atomic E-state index is 5.15. The molecule has 214 valence electrons. The van der Waals surface area contributed by atoms with Gasteiger partial charge in [0.15, 0.2) is 5.82 Å². The first-order valence-electron chi connectivity index (χ1n) is 15.0. The standard InChI is InChI=1S/C38H22N8/c1-2-10-26-23(9-1)17-18-24-21-25(22-41-33(24)26)34-42-37(45-31-15-5-3-11-27(31)28-12-4-6-16-32(28)45)44-38(43-34)46-35-29(13-7-19-39-35)30-14-8-20-40-36(30)46/h1-22H. The summed E-state index contributed by atoms with van der Waals surface area (Å²) in [7, 11) is 0. The normalized spacial score (nSPS) is 11.9. The second kappa shape index (κ2) is 9.48. The Morgan fingerprint density at radius 3 is 1.70 bits per heavy atom. The Labute approximate surface area is 261 Å². The molecule has 46 heavy (non-hydrogen) atoms. The Morgan fingerprint density at radius 2 is 1.00 bits per heavy atom. The minimum Gasteiger partial charge on any atom is -0.278 e. The van der Waals surface area contributed by atoms with Crippen LogP contribution in [0.25, 0.3) is 88.8 Å². The summed E-state index contributed by atoms with van der Waals surface area (Å²) in [5.41, 5.74) is 5.20. The highest BCUT2D eigenvalue weighted by Crippen LogP contribution is 2.34. The number of nitrogens with zero attached hydrogens (tertiary/aromatic N) is 8. The highest BCUT2D eigenvalue weighted by Gasteiger charge is 2.21. The van der Waals surface area contributed by atoms with E-state index in [0.717, 1.165) is 71.1 Å². The van der Waals surface area contributed by atoms with Crippen molar-refractivity contribution in [3.05, 3.63) is 134 Å². The van der Waals surface area contributed by atoms with Crippen molar-refractivity contribution in [3.8, 4) is 23.3 Å². The molecule has 10 rings (SSSR count). The van der Waals surface area contributed by atoms with Crippen LogP contribution in [0.1, 0.15) is 0 Å². The van der Waals surface area contributed by atoms with E-state index in [1.807, 2.05) is 47.2 Å². The SMILES string of the molecule is c1ccc2c(c1)ccc1cc(-c3nc(-n4c5ccccc5c5ccccc54)nc(-n4c5ncccc5c5cccnc54)n3)cnc12. The maximum atomic E-state index is 5.15. The minimum absolute atomic E-state index is 0.429. The molecule has 0 aliphatic heterocycles. The molecule has 0 unspecified atom stereocenters. The zero-order chi connectivity index (χ0) is 30.2. The molecule has 0 bridgehead atoms. The van der Waals surface area contributed by atoms with Gasteiger partial charge in [0.25, 0.3) is 0 Å². The van der Waals surface area contributed by atoms with Crippen molar-refractivity contribution in [2.45, 2.75) is 0 Å². The van der Waals surface area contributed by atoms with E-state index in [2.05, 4.69) is 83.4 Å². The van der Waals surface area contributed by atoms with Crippen LogP contribution >= 0.6 is 0 Å². The van der Waals surface area contributed by atoms with Crippen molar-refractivity contribution >= 4 is 65.5 Å². The van der Waals surface area contributed by atoms with Crippen molar-refractivity contribution in [1.82, 2.24) is 39.0 Å². The Hall–Kier alpha value is -6.54. The second-order valence-electron chi connectivity index (χ2n) is 11.3. The van der Waals surface area contributed by atoms with Crippen molar-refractivity contribution in [1.29, 1.82) is 0 Å². The number of aromatic nitrogens is 8. The van der Waals surface area contributed by atoms with Crippen LogP contribution in [0, 0.1) is 0 Å². The summed E-state index contributed by atoms with van der Waals surface area (Å²) < 4.78 is 4.03. The van der Waals surface area contributed by atoms with Gasteiger partial charge in [0.1, 0.15) is 11.3 Å². The molecule has 10 aromatic rings. The molecule has 8 nitrogen and oxygen atoms in total. The number of para-hydroxylation sites is 2. The van der Waals surface area contributed by atoms with Crippen molar-refractivity contribution in [3.63, 3.8) is 0 Å². The Balaban J connectivity index is 1.30. The van der Waals surface area contributed by atoms with Gasteiger partial charge < -0.3 is 0 Å². The van der Waals surface area contributed by atoms with Gasteiger partial charge in [-0.15, -0.1) is 0 Å². The number of hydrogen-bond acceptors (Lipinski definition) is 6. The van der Waals surface area contributed by atoms with E-state index in [1.165, 1.54) is 0 Å². The van der Waals surface area contributed by atoms with Gasteiger partial charge >= 0.3 is 0 Å². The molecule has 0 saturated carbocycles. The van der Waals surface area contributed by atoms with Gasteiger partial charge in [-0.05, 0) is 47.9 Å². The summed E-state index contributed by atoms with van der Waals surface area (Å²) in [5.74, 6) is 1.43. The molecule has 0 fully saturated rings. The Bertz CT molecular complexity index is 2590. The molecule has 0 saturated heterocycles. The van der Waals surface area contributed by atoms with E-state index >= 15 is 0 Å². The second-order valence-corrected chi connectivity index (χ2v) is 11.3. The zero-order valence-corrected chi connectivity index (χ0v) is 24.3. The van der Waals surface area contributed by atoms with Gasteiger partial charge in [-0.3, -0.25) is 9.55 Å². The van der Waals surface area contributed by atoms with E-state index in [-0.39, 0.29) is 0 Å². The van der Waals surface area contributed by atoms with Crippen LogP contribution in [0.2, 0.25) is 0 Å². The summed E-state index contributed by atoms with van der Waals surface area (Å²) >= 11 is 0. The van der Waals surface area contributed by atoms with E-state index in [4.69, 9.17) is 29.9 Å². The predicted molar refractivity (Wildman–Crippen MR) is 182 cm³/mol. The van der Waals surface area contributed by atoms with Crippen LogP contribution in [-0.4, -0.2) is 39.0 Å². The summed E-state index contributed by atoms with van der Waals surface area (Å²) in [5, 5.41) is 7.48. The quantitative estimate of drug-likeness (QED) is 0.193.